The van der Waals surface area contributed by atoms with Gasteiger partial charge in [-0.05, 0) is 23.8 Å². The number of para-hydroxylation sites is 1. The first-order chi connectivity index (χ1) is 11.2. The maximum atomic E-state index is 12.3. The Morgan fingerprint density at radius 3 is 2.74 bits per heavy atom. The zero-order chi connectivity index (χ0) is 16.2. The summed E-state index contributed by atoms with van der Waals surface area (Å²) in [5, 5.41) is 13.1. The van der Waals surface area contributed by atoms with Crippen molar-refractivity contribution in [3.8, 4) is 0 Å². The highest BCUT2D eigenvalue weighted by molar-refractivity contribution is 6.04. The second-order valence-corrected chi connectivity index (χ2v) is 5.08. The van der Waals surface area contributed by atoms with Crippen LogP contribution in [0.15, 0.2) is 48.5 Å². The number of aromatic nitrogens is 2. The topological polar surface area (TPSA) is 86.9 Å². The number of nitrogens with zero attached hydrogens (tertiary/aromatic N) is 1. The molecule has 2 aromatic carbocycles. The molecular weight excluding hydrogens is 292 g/mol. The number of aromatic amines is 1. The van der Waals surface area contributed by atoms with Gasteiger partial charge in [0.15, 0.2) is 5.69 Å². The van der Waals surface area contributed by atoms with Gasteiger partial charge in [0, 0.05) is 24.5 Å². The molecule has 6 nitrogen and oxygen atoms in total. The molecule has 0 unspecified atom stereocenters. The van der Waals surface area contributed by atoms with Gasteiger partial charge in [-0.25, -0.2) is 0 Å². The molecule has 1 aromatic heterocycles. The number of carbonyl (C=O) groups is 2. The largest absolute Gasteiger partial charge is 0.355 e. The molecule has 1 heterocycles. The fourth-order valence-corrected chi connectivity index (χ4v) is 2.37. The van der Waals surface area contributed by atoms with E-state index in [-0.39, 0.29) is 11.8 Å². The molecule has 0 aliphatic rings. The van der Waals surface area contributed by atoms with E-state index in [2.05, 4.69) is 20.8 Å². The van der Waals surface area contributed by atoms with Gasteiger partial charge in [0.2, 0.25) is 0 Å². The Labute approximate surface area is 132 Å². The molecule has 0 bridgehead atoms. The van der Waals surface area contributed by atoms with E-state index in [9.17, 15) is 9.59 Å². The Kier molecular flexibility index (Phi) is 4.05. The third-order valence-electron chi connectivity index (χ3n) is 3.55. The zero-order valence-electron chi connectivity index (χ0n) is 12.6. The predicted molar refractivity (Wildman–Crippen MR) is 87.1 cm³/mol. The highest BCUT2D eigenvalue weighted by Gasteiger charge is 2.13. The molecule has 0 spiro atoms. The summed E-state index contributed by atoms with van der Waals surface area (Å²) >= 11 is 0. The van der Waals surface area contributed by atoms with Crippen molar-refractivity contribution in [1.82, 2.24) is 20.8 Å². The molecule has 0 fully saturated rings. The lowest BCUT2D eigenvalue weighted by molar-refractivity contribution is 0.0945. The smallest absolute Gasteiger partial charge is 0.272 e. The Hall–Kier alpha value is -3.15. The van der Waals surface area contributed by atoms with Crippen LogP contribution in [0.3, 0.4) is 0 Å². The van der Waals surface area contributed by atoms with Gasteiger partial charge >= 0.3 is 0 Å². The van der Waals surface area contributed by atoms with Gasteiger partial charge in [0.1, 0.15) is 0 Å². The number of H-pyrrole nitrogens is 1. The number of benzene rings is 2. The van der Waals surface area contributed by atoms with Crippen molar-refractivity contribution in [2.75, 3.05) is 7.05 Å². The van der Waals surface area contributed by atoms with Crippen molar-refractivity contribution in [2.45, 2.75) is 6.54 Å². The van der Waals surface area contributed by atoms with E-state index >= 15 is 0 Å². The van der Waals surface area contributed by atoms with Crippen LogP contribution in [0.2, 0.25) is 0 Å². The number of hydrogen-bond acceptors (Lipinski definition) is 3. The molecule has 3 rings (SSSR count). The molecule has 3 N–H and O–H groups in total. The van der Waals surface area contributed by atoms with Crippen molar-refractivity contribution in [1.29, 1.82) is 0 Å². The van der Waals surface area contributed by atoms with Gasteiger partial charge in [-0.2, -0.15) is 5.10 Å². The molecule has 2 amide bonds. The van der Waals surface area contributed by atoms with Crippen LogP contribution in [0.5, 0.6) is 0 Å². The van der Waals surface area contributed by atoms with Crippen molar-refractivity contribution in [2.24, 2.45) is 0 Å². The Balaban J connectivity index is 1.73. The second kappa shape index (κ2) is 6.31. The minimum Gasteiger partial charge on any atom is -0.355 e. The maximum Gasteiger partial charge on any atom is 0.272 e. The molecular formula is C17H16N4O2. The van der Waals surface area contributed by atoms with Gasteiger partial charge in [0.05, 0.1) is 5.52 Å². The van der Waals surface area contributed by atoms with Crippen LogP contribution >= 0.6 is 0 Å². The second-order valence-electron chi connectivity index (χ2n) is 5.08. The number of amides is 2. The summed E-state index contributed by atoms with van der Waals surface area (Å²) in [6.07, 6.45) is 0. The van der Waals surface area contributed by atoms with Crippen LogP contribution in [0.4, 0.5) is 0 Å². The lowest BCUT2D eigenvalue weighted by Gasteiger charge is -2.06. The summed E-state index contributed by atoms with van der Waals surface area (Å²) in [6.45, 7) is 0.324. The number of rotatable bonds is 4. The minimum absolute atomic E-state index is 0.156. The van der Waals surface area contributed by atoms with Crippen molar-refractivity contribution in [3.05, 3.63) is 65.4 Å². The van der Waals surface area contributed by atoms with E-state index in [0.29, 0.717) is 17.8 Å². The quantitative estimate of drug-likeness (QED) is 0.687. The maximum absolute atomic E-state index is 12.3. The van der Waals surface area contributed by atoms with Crippen molar-refractivity contribution < 1.29 is 9.59 Å². The summed E-state index contributed by atoms with van der Waals surface area (Å²) in [4.78, 5) is 23.9. The molecule has 0 saturated heterocycles. The zero-order valence-corrected chi connectivity index (χ0v) is 12.6. The monoisotopic (exact) mass is 308 g/mol. The summed E-state index contributed by atoms with van der Waals surface area (Å²) in [6, 6.07) is 14.6. The van der Waals surface area contributed by atoms with Gasteiger partial charge in [-0.15, -0.1) is 0 Å². The van der Waals surface area contributed by atoms with E-state index in [0.717, 1.165) is 16.5 Å². The van der Waals surface area contributed by atoms with Gasteiger partial charge in [-0.3, -0.25) is 14.7 Å². The first-order valence-corrected chi connectivity index (χ1v) is 7.21. The molecule has 23 heavy (non-hydrogen) atoms. The van der Waals surface area contributed by atoms with Gasteiger partial charge in [-0.1, -0.05) is 30.3 Å². The summed E-state index contributed by atoms with van der Waals surface area (Å²) in [7, 11) is 1.58. The summed E-state index contributed by atoms with van der Waals surface area (Å²) < 4.78 is 0. The molecule has 0 atom stereocenters. The Bertz CT molecular complexity index is 870. The van der Waals surface area contributed by atoms with E-state index in [1.807, 2.05) is 30.3 Å². The number of nitrogens with one attached hydrogen (secondary N) is 3. The Morgan fingerprint density at radius 2 is 1.91 bits per heavy atom. The average Bonchev–Trinajstić information content (AvgIpc) is 3.03. The predicted octanol–water partition coefficient (Wildman–Crippen LogP) is 1.85. The molecule has 6 heteroatoms. The number of carbonyl (C=O) groups excluding carboxylic acids is 2. The van der Waals surface area contributed by atoms with Crippen LogP contribution in [-0.2, 0) is 6.54 Å². The first kappa shape index (κ1) is 14.8. The van der Waals surface area contributed by atoms with Crippen LogP contribution in [0.25, 0.3) is 10.9 Å². The minimum atomic E-state index is -0.257. The Morgan fingerprint density at radius 1 is 1.09 bits per heavy atom. The SMILES string of the molecule is CNC(=O)c1cccc(CNC(=O)c2n[nH]c3ccccc23)c1. The fourth-order valence-electron chi connectivity index (χ4n) is 2.37. The molecule has 0 aliphatic heterocycles. The normalized spacial score (nSPS) is 10.5. The lowest BCUT2D eigenvalue weighted by Crippen LogP contribution is -2.24. The van der Waals surface area contributed by atoms with Crippen LogP contribution in [0, 0.1) is 0 Å². The summed E-state index contributed by atoms with van der Waals surface area (Å²) in [5.41, 5.74) is 2.59. The van der Waals surface area contributed by atoms with Crippen LogP contribution < -0.4 is 10.6 Å². The summed E-state index contributed by atoms with van der Waals surface area (Å²) in [5.74, 6) is -0.413. The number of hydrogen-bond donors (Lipinski definition) is 3. The standard InChI is InChI=1S/C17H16N4O2/c1-18-16(22)12-6-4-5-11(9-12)10-19-17(23)15-13-7-2-3-8-14(13)20-21-15/h2-9H,10H2,1H3,(H,18,22)(H,19,23)(H,20,21). The van der Waals surface area contributed by atoms with Gasteiger partial charge in [0.25, 0.3) is 11.8 Å². The highest BCUT2D eigenvalue weighted by atomic mass is 16.2. The van der Waals surface area contributed by atoms with Crippen molar-refractivity contribution >= 4 is 22.7 Å². The third kappa shape index (κ3) is 3.06. The van der Waals surface area contributed by atoms with E-state index in [1.165, 1.54) is 0 Å². The fraction of sp³-hybridized carbons (Fsp3) is 0.118. The van der Waals surface area contributed by atoms with Crippen LogP contribution in [0.1, 0.15) is 26.4 Å². The molecule has 0 radical (unpaired) electrons. The molecule has 0 saturated carbocycles. The van der Waals surface area contributed by atoms with Crippen LogP contribution in [-0.4, -0.2) is 29.1 Å². The molecule has 0 aliphatic carbocycles. The molecule has 3 aromatic rings. The van der Waals surface area contributed by atoms with Crippen molar-refractivity contribution in [3.63, 3.8) is 0 Å². The van der Waals surface area contributed by atoms with E-state index in [1.54, 1.807) is 25.2 Å². The van der Waals surface area contributed by atoms with E-state index < -0.39 is 0 Å². The van der Waals surface area contributed by atoms with E-state index in [4.69, 9.17) is 0 Å². The average molecular weight is 308 g/mol. The molecule has 116 valence electrons. The first-order valence-electron chi connectivity index (χ1n) is 7.21. The number of fused-ring (bicyclic) bond motifs is 1. The third-order valence-corrected chi connectivity index (χ3v) is 3.55. The highest BCUT2D eigenvalue weighted by Crippen LogP contribution is 2.15. The van der Waals surface area contributed by atoms with Gasteiger partial charge < -0.3 is 10.6 Å². The lowest BCUT2D eigenvalue weighted by atomic mass is 10.1.